The lowest BCUT2D eigenvalue weighted by Crippen LogP contribution is -2.49. The second-order valence-electron chi connectivity index (χ2n) is 8.08. The van der Waals surface area contributed by atoms with Gasteiger partial charge in [0, 0.05) is 39.9 Å². The number of benzene rings is 1. The van der Waals surface area contributed by atoms with Gasteiger partial charge in [-0.25, -0.2) is 0 Å². The van der Waals surface area contributed by atoms with Gasteiger partial charge in [-0.1, -0.05) is 37.3 Å². The Morgan fingerprint density at radius 2 is 2.08 bits per heavy atom. The molecule has 1 heterocycles. The SMILES string of the molecule is CCOCCC1(CNC(=NC)N2CCC(c3ccccc3)C(C)C2)CC1. The summed E-state index contributed by atoms with van der Waals surface area (Å²) in [4.78, 5) is 7.02. The molecular formula is C22H35N3O. The number of nitrogens with one attached hydrogen (secondary N) is 1. The maximum atomic E-state index is 5.56. The lowest BCUT2D eigenvalue weighted by molar-refractivity contribution is 0.128. The van der Waals surface area contributed by atoms with E-state index in [4.69, 9.17) is 4.74 Å². The fourth-order valence-electron chi connectivity index (χ4n) is 4.26. The van der Waals surface area contributed by atoms with E-state index in [1.165, 1.54) is 24.8 Å². The van der Waals surface area contributed by atoms with E-state index >= 15 is 0 Å². The van der Waals surface area contributed by atoms with Crippen molar-refractivity contribution in [3.63, 3.8) is 0 Å². The van der Waals surface area contributed by atoms with E-state index in [1.54, 1.807) is 0 Å². The molecule has 1 aliphatic heterocycles. The van der Waals surface area contributed by atoms with Crippen LogP contribution in [0.1, 0.15) is 51.0 Å². The van der Waals surface area contributed by atoms with E-state index < -0.39 is 0 Å². The summed E-state index contributed by atoms with van der Waals surface area (Å²) in [5, 5.41) is 3.66. The predicted molar refractivity (Wildman–Crippen MR) is 109 cm³/mol. The summed E-state index contributed by atoms with van der Waals surface area (Å²) in [5.74, 6) is 2.37. The third kappa shape index (κ3) is 4.79. The van der Waals surface area contributed by atoms with Gasteiger partial charge in [-0.15, -0.1) is 0 Å². The van der Waals surface area contributed by atoms with E-state index in [0.717, 1.165) is 45.2 Å². The smallest absolute Gasteiger partial charge is 0.193 e. The molecule has 0 bridgehead atoms. The molecular weight excluding hydrogens is 322 g/mol. The molecule has 2 aliphatic rings. The second kappa shape index (κ2) is 8.90. The molecule has 2 atom stereocenters. The average Bonchev–Trinajstić information content (AvgIpc) is 3.43. The quantitative estimate of drug-likeness (QED) is 0.457. The summed E-state index contributed by atoms with van der Waals surface area (Å²) < 4.78 is 5.56. The largest absolute Gasteiger partial charge is 0.382 e. The molecule has 1 N–H and O–H groups in total. The Balaban J connectivity index is 1.50. The van der Waals surface area contributed by atoms with Gasteiger partial charge >= 0.3 is 0 Å². The number of piperidine rings is 1. The molecule has 0 aromatic heterocycles. The molecule has 4 nitrogen and oxygen atoms in total. The molecule has 1 aliphatic carbocycles. The molecule has 3 rings (SSSR count). The van der Waals surface area contributed by atoms with E-state index in [1.807, 2.05) is 7.05 Å². The van der Waals surface area contributed by atoms with E-state index in [9.17, 15) is 0 Å². The van der Waals surface area contributed by atoms with Gasteiger partial charge in [-0.2, -0.15) is 0 Å². The van der Waals surface area contributed by atoms with Crippen LogP contribution in [-0.2, 0) is 4.74 Å². The minimum absolute atomic E-state index is 0.444. The van der Waals surface area contributed by atoms with Crippen molar-refractivity contribution >= 4 is 5.96 Å². The van der Waals surface area contributed by atoms with Crippen molar-refractivity contribution < 1.29 is 4.74 Å². The minimum Gasteiger partial charge on any atom is -0.382 e. The number of hydrogen-bond donors (Lipinski definition) is 1. The molecule has 1 aromatic rings. The van der Waals surface area contributed by atoms with Crippen molar-refractivity contribution in [1.82, 2.24) is 10.2 Å². The maximum Gasteiger partial charge on any atom is 0.193 e. The van der Waals surface area contributed by atoms with Crippen LogP contribution in [0.2, 0.25) is 0 Å². The van der Waals surface area contributed by atoms with Crippen LogP contribution in [0.3, 0.4) is 0 Å². The molecule has 1 saturated heterocycles. The van der Waals surface area contributed by atoms with Gasteiger partial charge in [0.05, 0.1) is 0 Å². The van der Waals surface area contributed by atoms with Crippen LogP contribution in [0, 0.1) is 11.3 Å². The van der Waals surface area contributed by atoms with Crippen molar-refractivity contribution in [3.8, 4) is 0 Å². The number of hydrogen-bond acceptors (Lipinski definition) is 2. The number of ether oxygens (including phenoxy) is 1. The molecule has 26 heavy (non-hydrogen) atoms. The van der Waals surface area contributed by atoms with Crippen LogP contribution in [0.5, 0.6) is 0 Å². The van der Waals surface area contributed by atoms with Gasteiger partial charge in [-0.05, 0) is 55.4 Å². The van der Waals surface area contributed by atoms with Crippen LogP contribution in [0.25, 0.3) is 0 Å². The van der Waals surface area contributed by atoms with Crippen molar-refractivity contribution in [2.75, 3.05) is 39.9 Å². The van der Waals surface area contributed by atoms with E-state index in [-0.39, 0.29) is 0 Å². The number of likely N-dealkylation sites (tertiary alicyclic amines) is 1. The lowest BCUT2D eigenvalue weighted by Gasteiger charge is -2.39. The van der Waals surface area contributed by atoms with Crippen LogP contribution in [-0.4, -0.2) is 50.8 Å². The summed E-state index contributed by atoms with van der Waals surface area (Å²) >= 11 is 0. The maximum absolute atomic E-state index is 5.56. The zero-order valence-corrected chi connectivity index (χ0v) is 16.7. The van der Waals surface area contributed by atoms with Gasteiger partial charge in [0.2, 0.25) is 0 Å². The van der Waals surface area contributed by atoms with Crippen LogP contribution >= 0.6 is 0 Å². The van der Waals surface area contributed by atoms with E-state index in [0.29, 0.717) is 17.3 Å². The van der Waals surface area contributed by atoms with Crippen molar-refractivity contribution in [1.29, 1.82) is 0 Å². The van der Waals surface area contributed by atoms with Crippen LogP contribution in [0.15, 0.2) is 35.3 Å². The summed E-state index contributed by atoms with van der Waals surface area (Å²) in [6.45, 7) is 9.33. The summed E-state index contributed by atoms with van der Waals surface area (Å²) in [6.07, 6.45) is 4.99. The zero-order chi connectivity index (χ0) is 18.4. The summed E-state index contributed by atoms with van der Waals surface area (Å²) in [7, 11) is 1.91. The number of guanidine groups is 1. The second-order valence-corrected chi connectivity index (χ2v) is 8.08. The number of nitrogens with zero attached hydrogens (tertiary/aromatic N) is 2. The highest BCUT2D eigenvalue weighted by molar-refractivity contribution is 5.80. The molecule has 0 spiro atoms. The number of aliphatic imine (C=N–C) groups is 1. The van der Waals surface area contributed by atoms with Gasteiger partial charge in [0.25, 0.3) is 0 Å². The normalized spacial score (nSPS) is 25.2. The van der Waals surface area contributed by atoms with Crippen molar-refractivity contribution in [3.05, 3.63) is 35.9 Å². The highest BCUT2D eigenvalue weighted by atomic mass is 16.5. The molecule has 2 fully saturated rings. The van der Waals surface area contributed by atoms with Crippen LogP contribution in [0.4, 0.5) is 0 Å². The first kappa shape index (κ1) is 19.2. The van der Waals surface area contributed by atoms with Gasteiger partial charge in [0.1, 0.15) is 0 Å². The third-order valence-corrected chi connectivity index (χ3v) is 6.20. The molecule has 0 amide bonds. The first-order valence-electron chi connectivity index (χ1n) is 10.3. The lowest BCUT2D eigenvalue weighted by atomic mass is 9.82. The van der Waals surface area contributed by atoms with E-state index in [2.05, 4.69) is 59.4 Å². The number of rotatable bonds is 7. The van der Waals surface area contributed by atoms with Crippen molar-refractivity contribution in [2.45, 2.75) is 45.4 Å². The van der Waals surface area contributed by atoms with Gasteiger partial charge < -0.3 is 15.0 Å². The predicted octanol–water partition coefficient (Wildman–Crippen LogP) is 3.89. The molecule has 144 valence electrons. The Hall–Kier alpha value is -1.55. The van der Waals surface area contributed by atoms with Gasteiger partial charge in [0.15, 0.2) is 5.96 Å². The highest BCUT2D eigenvalue weighted by Gasteiger charge is 2.42. The van der Waals surface area contributed by atoms with Crippen LogP contribution < -0.4 is 5.32 Å². The monoisotopic (exact) mass is 357 g/mol. The Bertz CT molecular complexity index is 582. The fourth-order valence-corrected chi connectivity index (χ4v) is 4.26. The average molecular weight is 358 g/mol. The summed E-state index contributed by atoms with van der Waals surface area (Å²) in [5.41, 5.74) is 1.93. The Morgan fingerprint density at radius 3 is 2.69 bits per heavy atom. The molecule has 1 aromatic carbocycles. The first-order valence-corrected chi connectivity index (χ1v) is 10.3. The standard InChI is InChI=1S/C22H35N3O/c1-4-26-15-13-22(11-12-22)17-24-21(23-3)25-14-10-20(18(2)16-25)19-8-6-5-7-9-19/h5-9,18,20H,4,10-17H2,1-3H3,(H,23,24). The first-order chi connectivity index (χ1) is 12.7. The Morgan fingerprint density at radius 1 is 1.31 bits per heavy atom. The highest BCUT2D eigenvalue weighted by Crippen LogP contribution is 2.48. The summed E-state index contributed by atoms with van der Waals surface area (Å²) in [6, 6.07) is 11.0. The fraction of sp³-hybridized carbons (Fsp3) is 0.682. The Labute approximate surface area is 159 Å². The zero-order valence-electron chi connectivity index (χ0n) is 16.7. The molecule has 0 radical (unpaired) electrons. The molecule has 1 saturated carbocycles. The van der Waals surface area contributed by atoms with Gasteiger partial charge in [-0.3, -0.25) is 4.99 Å². The Kier molecular flexibility index (Phi) is 6.58. The topological polar surface area (TPSA) is 36.9 Å². The third-order valence-electron chi connectivity index (χ3n) is 6.20. The molecule has 4 heteroatoms. The van der Waals surface area contributed by atoms with Crippen molar-refractivity contribution in [2.24, 2.45) is 16.3 Å². The minimum atomic E-state index is 0.444. The molecule has 2 unspecified atom stereocenters.